The lowest BCUT2D eigenvalue weighted by molar-refractivity contribution is -0.120. The van der Waals surface area contributed by atoms with Crippen molar-refractivity contribution in [1.29, 1.82) is 0 Å². The first-order chi connectivity index (χ1) is 8.74. The first kappa shape index (κ1) is 11.3. The number of pyridine rings is 1. The van der Waals surface area contributed by atoms with E-state index in [0.717, 1.165) is 29.2 Å². The Morgan fingerprint density at radius 2 is 2.39 bits per heavy atom. The van der Waals surface area contributed by atoms with Crippen molar-refractivity contribution in [2.45, 2.75) is 23.2 Å². The van der Waals surface area contributed by atoms with Gasteiger partial charge in [-0.1, -0.05) is 24.4 Å². The molecule has 1 unspecified atom stereocenters. The Labute approximate surface area is 109 Å². The van der Waals surface area contributed by atoms with Gasteiger partial charge in [-0.15, -0.1) is 0 Å². The minimum atomic E-state index is -0.0821. The van der Waals surface area contributed by atoms with Crippen molar-refractivity contribution in [3.63, 3.8) is 0 Å². The second-order valence-electron chi connectivity index (χ2n) is 4.27. The number of allylic oxidation sites excluding steroid dienone is 1. The fraction of sp³-hybridized carbons (Fsp3) is 0.231. The topological polar surface area (TPSA) is 46.4 Å². The van der Waals surface area contributed by atoms with Gasteiger partial charge in [0.15, 0.2) is 5.16 Å². The molecular weight excluding hydrogens is 246 g/mol. The van der Waals surface area contributed by atoms with E-state index in [9.17, 15) is 4.79 Å². The number of rotatable bonds is 2. The summed E-state index contributed by atoms with van der Waals surface area (Å²) in [5.41, 5.74) is 1.85. The number of hydrogen-bond acceptors (Lipinski definition) is 3. The lowest BCUT2D eigenvalue weighted by Gasteiger charge is -2.22. The monoisotopic (exact) mass is 259 g/mol. The van der Waals surface area contributed by atoms with Gasteiger partial charge in [-0.25, -0.2) is 4.98 Å². The van der Waals surface area contributed by atoms with Crippen LogP contribution in [0.4, 0.5) is 0 Å². The lowest BCUT2D eigenvalue weighted by atomic mass is 10.1. The summed E-state index contributed by atoms with van der Waals surface area (Å²) in [4.78, 5) is 16.2. The van der Waals surface area contributed by atoms with Crippen LogP contribution < -0.4 is 5.32 Å². The lowest BCUT2D eigenvalue weighted by Crippen LogP contribution is -2.36. The zero-order valence-corrected chi connectivity index (χ0v) is 10.6. The molecule has 0 aromatic carbocycles. The van der Waals surface area contributed by atoms with Crippen LogP contribution in [0.25, 0.3) is 5.52 Å². The summed E-state index contributed by atoms with van der Waals surface area (Å²) in [6.45, 7) is 3.78. The Morgan fingerprint density at radius 3 is 3.22 bits per heavy atom. The largest absolute Gasteiger partial charge is 0.329 e. The fourth-order valence-corrected chi connectivity index (χ4v) is 3.05. The minimum absolute atomic E-state index is 0.0314. The van der Waals surface area contributed by atoms with Crippen molar-refractivity contribution in [3.05, 3.63) is 42.9 Å². The van der Waals surface area contributed by atoms with Gasteiger partial charge in [0.05, 0.1) is 17.0 Å². The van der Waals surface area contributed by atoms with E-state index < -0.39 is 0 Å². The molecule has 1 N–H and O–H groups in total. The van der Waals surface area contributed by atoms with Crippen LogP contribution in [0, 0.1) is 0 Å². The predicted molar refractivity (Wildman–Crippen MR) is 71.4 cm³/mol. The Morgan fingerprint density at radius 1 is 1.50 bits per heavy atom. The van der Waals surface area contributed by atoms with Crippen molar-refractivity contribution >= 4 is 23.2 Å². The number of nitrogens with zero attached hydrogens (tertiary/aromatic N) is 2. The van der Waals surface area contributed by atoms with E-state index in [0.29, 0.717) is 0 Å². The van der Waals surface area contributed by atoms with E-state index in [1.54, 1.807) is 0 Å². The van der Waals surface area contributed by atoms with Crippen molar-refractivity contribution in [2.24, 2.45) is 0 Å². The van der Waals surface area contributed by atoms with Crippen LogP contribution >= 0.6 is 11.8 Å². The average molecular weight is 259 g/mol. The third kappa shape index (κ3) is 2.01. The SMILES string of the molecule is C=C1CCC(Sc2ncc3ccccn23)C(=O)N1. The first-order valence-electron chi connectivity index (χ1n) is 5.81. The second kappa shape index (κ2) is 4.49. The highest BCUT2D eigenvalue weighted by Gasteiger charge is 2.26. The molecule has 4 nitrogen and oxygen atoms in total. The zero-order chi connectivity index (χ0) is 12.5. The summed E-state index contributed by atoms with van der Waals surface area (Å²) in [7, 11) is 0. The van der Waals surface area contributed by atoms with E-state index in [-0.39, 0.29) is 11.2 Å². The third-order valence-electron chi connectivity index (χ3n) is 2.95. The molecule has 1 amide bonds. The molecule has 1 fully saturated rings. The number of aromatic nitrogens is 2. The molecule has 0 radical (unpaired) electrons. The van der Waals surface area contributed by atoms with Gasteiger partial charge < -0.3 is 5.32 Å². The molecule has 2 aromatic rings. The van der Waals surface area contributed by atoms with E-state index in [1.165, 1.54) is 11.8 Å². The highest BCUT2D eigenvalue weighted by molar-refractivity contribution is 8.00. The molecule has 1 aliphatic heterocycles. The summed E-state index contributed by atoms with van der Waals surface area (Å²) in [5.74, 6) is 0.0314. The van der Waals surface area contributed by atoms with Gasteiger partial charge in [-0.05, 0) is 25.0 Å². The predicted octanol–water partition coefficient (Wildman–Crippen LogP) is 2.22. The Hall–Kier alpha value is -1.75. The van der Waals surface area contributed by atoms with Crippen LogP contribution in [0.15, 0.2) is 48.0 Å². The summed E-state index contributed by atoms with van der Waals surface area (Å²) in [6.07, 6.45) is 5.44. The Kier molecular flexibility index (Phi) is 2.83. The molecular formula is C13H13N3OS. The molecule has 2 aromatic heterocycles. The van der Waals surface area contributed by atoms with E-state index >= 15 is 0 Å². The van der Waals surface area contributed by atoms with Gasteiger partial charge in [0.2, 0.25) is 5.91 Å². The van der Waals surface area contributed by atoms with Crippen LogP contribution in [0.3, 0.4) is 0 Å². The molecule has 1 aliphatic rings. The van der Waals surface area contributed by atoms with Gasteiger partial charge >= 0.3 is 0 Å². The zero-order valence-electron chi connectivity index (χ0n) is 9.80. The smallest absolute Gasteiger partial charge is 0.237 e. The number of nitrogens with one attached hydrogen (secondary N) is 1. The summed E-state index contributed by atoms with van der Waals surface area (Å²) < 4.78 is 2.00. The molecule has 1 atom stereocenters. The van der Waals surface area contributed by atoms with Crippen LogP contribution in [0.1, 0.15) is 12.8 Å². The van der Waals surface area contributed by atoms with E-state index in [1.807, 2.05) is 35.0 Å². The maximum atomic E-state index is 11.8. The van der Waals surface area contributed by atoms with Gasteiger partial charge in [0.1, 0.15) is 0 Å². The van der Waals surface area contributed by atoms with Crippen LogP contribution in [-0.2, 0) is 4.79 Å². The number of thioether (sulfide) groups is 1. The van der Waals surface area contributed by atoms with Gasteiger partial charge in [-0.3, -0.25) is 9.20 Å². The highest BCUT2D eigenvalue weighted by Crippen LogP contribution is 2.29. The summed E-state index contributed by atoms with van der Waals surface area (Å²) >= 11 is 1.51. The number of amides is 1. The van der Waals surface area contributed by atoms with Gasteiger partial charge in [0.25, 0.3) is 0 Å². The van der Waals surface area contributed by atoms with Crippen molar-refractivity contribution in [1.82, 2.24) is 14.7 Å². The molecule has 92 valence electrons. The molecule has 0 bridgehead atoms. The summed E-state index contributed by atoms with van der Waals surface area (Å²) in [6, 6.07) is 5.93. The number of carbonyl (C=O) groups is 1. The van der Waals surface area contributed by atoms with Crippen LogP contribution in [0.2, 0.25) is 0 Å². The molecule has 1 saturated heterocycles. The third-order valence-corrected chi connectivity index (χ3v) is 4.20. The standard InChI is InChI=1S/C13H13N3OS/c1-9-5-6-11(12(17)15-9)18-13-14-8-10-4-2-3-7-16(10)13/h2-4,7-8,11H,1,5-6H2,(H,15,17). The van der Waals surface area contributed by atoms with E-state index in [4.69, 9.17) is 0 Å². The molecule has 0 aliphatic carbocycles. The minimum Gasteiger partial charge on any atom is -0.329 e. The van der Waals surface area contributed by atoms with Gasteiger partial charge in [0, 0.05) is 11.9 Å². The van der Waals surface area contributed by atoms with E-state index in [2.05, 4.69) is 16.9 Å². The summed E-state index contributed by atoms with van der Waals surface area (Å²) in [5, 5.41) is 3.58. The Balaban J connectivity index is 1.84. The average Bonchev–Trinajstić information content (AvgIpc) is 2.76. The van der Waals surface area contributed by atoms with Crippen molar-refractivity contribution < 1.29 is 4.79 Å². The number of fused-ring (bicyclic) bond motifs is 1. The fourth-order valence-electron chi connectivity index (χ4n) is 2.00. The van der Waals surface area contributed by atoms with Crippen LogP contribution in [-0.4, -0.2) is 20.5 Å². The van der Waals surface area contributed by atoms with Crippen molar-refractivity contribution in [2.75, 3.05) is 0 Å². The number of carbonyl (C=O) groups excluding carboxylic acids is 1. The number of imidazole rings is 1. The molecule has 3 heterocycles. The Bertz CT molecular complexity index is 619. The molecule has 5 heteroatoms. The molecule has 0 saturated carbocycles. The van der Waals surface area contributed by atoms with Crippen LogP contribution in [0.5, 0.6) is 0 Å². The quantitative estimate of drug-likeness (QED) is 0.899. The molecule has 3 rings (SSSR count). The molecule has 18 heavy (non-hydrogen) atoms. The normalized spacial score (nSPS) is 20.1. The molecule has 0 spiro atoms. The van der Waals surface area contributed by atoms with Gasteiger partial charge in [-0.2, -0.15) is 0 Å². The second-order valence-corrected chi connectivity index (χ2v) is 5.44. The highest BCUT2D eigenvalue weighted by atomic mass is 32.2. The maximum absolute atomic E-state index is 11.8. The maximum Gasteiger partial charge on any atom is 0.237 e. The number of piperidine rings is 1. The number of hydrogen-bond donors (Lipinski definition) is 1. The van der Waals surface area contributed by atoms with Crippen molar-refractivity contribution in [3.8, 4) is 0 Å². The first-order valence-corrected chi connectivity index (χ1v) is 6.69.